The maximum absolute atomic E-state index is 12.1. The number of carbonyl (C=O) groups excluding carboxylic acids is 1. The minimum atomic E-state index is -0.0356. The van der Waals surface area contributed by atoms with Crippen LogP contribution in [0.1, 0.15) is 26.7 Å². The van der Waals surface area contributed by atoms with Gasteiger partial charge in [0.2, 0.25) is 5.91 Å². The summed E-state index contributed by atoms with van der Waals surface area (Å²) in [6.07, 6.45) is 5.44. The first-order valence-electron chi connectivity index (χ1n) is 7.08. The summed E-state index contributed by atoms with van der Waals surface area (Å²) in [5, 5.41) is 6.96. The molecule has 1 heterocycles. The molecular weight excluding hydrogens is 284 g/mol. The van der Waals surface area contributed by atoms with Gasteiger partial charge in [-0.1, -0.05) is 13.3 Å². The van der Waals surface area contributed by atoms with Crippen molar-refractivity contribution in [1.82, 2.24) is 14.8 Å². The molecule has 112 valence electrons. The number of carbonyl (C=O) groups is 1. The van der Waals surface area contributed by atoms with Gasteiger partial charge in [-0.25, -0.2) is 9.67 Å². The Labute approximate surface area is 129 Å². The van der Waals surface area contributed by atoms with E-state index >= 15 is 0 Å². The number of amides is 1. The Morgan fingerprint density at radius 1 is 1.38 bits per heavy atom. The first-order chi connectivity index (χ1) is 10.2. The second-order valence-electron chi connectivity index (χ2n) is 4.74. The summed E-state index contributed by atoms with van der Waals surface area (Å²) in [6.45, 7) is 4.10. The van der Waals surface area contributed by atoms with Crippen LogP contribution in [0.3, 0.4) is 0 Å². The summed E-state index contributed by atoms with van der Waals surface area (Å²) in [7, 11) is 0. The molecule has 0 spiro atoms. The Bertz CT molecular complexity index is 554. The Morgan fingerprint density at radius 3 is 2.76 bits per heavy atom. The molecule has 2 rings (SSSR count). The highest BCUT2D eigenvalue weighted by molar-refractivity contribution is 8.00. The molecule has 21 heavy (non-hydrogen) atoms. The molecule has 0 radical (unpaired) electrons. The van der Waals surface area contributed by atoms with Crippen molar-refractivity contribution in [2.75, 3.05) is 11.1 Å². The van der Waals surface area contributed by atoms with E-state index in [-0.39, 0.29) is 11.2 Å². The van der Waals surface area contributed by atoms with Crippen molar-refractivity contribution < 1.29 is 4.79 Å². The van der Waals surface area contributed by atoms with Gasteiger partial charge in [0.1, 0.15) is 12.7 Å². The quantitative estimate of drug-likeness (QED) is 0.798. The monoisotopic (exact) mass is 304 g/mol. The van der Waals surface area contributed by atoms with Gasteiger partial charge in [-0.15, -0.1) is 11.8 Å². The zero-order valence-corrected chi connectivity index (χ0v) is 13.1. The highest BCUT2D eigenvalue weighted by Gasteiger charge is 2.13. The Kier molecular flexibility index (Phi) is 5.80. The number of aromatic nitrogens is 3. The van der Waals surface area contributed by atoms with E-state index in [1.807, 2.05) is 31.2 Å². The third-order valence-electron chi connectivity index (χ3n) is 3.05. The SMILES string of the molecule is CCCCSC(C)C(=O)Nc1ccc(-n2cncn2)cc1. The molecule has 0 aliphatic heterocycles. The van der Waals surface area contributed by atoms with Gasteiger partial charge in [-0.2, -0.15) is 5.10 Å². The van der Waals surface area contributed by atoms with Crippen LogP contribution >= 0.6 is 11.8 Å². The van der Waals surface area contributed by atoms with Gasteiger partial charge in [0, 0.05) is 5.69 Å². The highest BCUT2D eigenvalue weighted by atomic mass is 32.2. The summed E-state index contributed by atoms with van der Waals surface area (Å²) >= 11 is 1.70. The van der Waals surface area contributed by atoms with E-state index in [1.165, 1.54) is 6.33 Å². The van der Waals surface area contributed by atoms with Crippen LogP contribution in [-0.4, -0.2) is 31.7 Å². The smallest absolute Gasteiger partial charge is 0.237 e. The molecule has 0 aliphatic carbocycles. The number of benzene rings is 1. The van der Waals surface area contributed by atoms with Gasteiger partial charge in [0.15, 0.2) is 0 Å². The van der Waals surface area contributed by atoms with Crippen LogP contribution in [0.4, 0.5) is 5.69 Å². The summed E-state index contributed by atoms with van der Waals surface area (Å²) in [6, 6.07) is 7.55. The molecule has 0 aliphatic rings. The summed E-state index contributed by atoms with van der Waals surface area (Å²) in [5.41, 5.74) is 1.71. The molecule has 1 unspecified atom stereocenters. The highest BCUT2D eigenvalue weighted by Crippen LogP contribution is 2.17. The first kappa shape index (κ1) is 15.6. The number of nitrogens with zero attached hydrogens (tertiary/aromatic N) is 3. The number of hydrogen-bond acceptors (Lipinski definition) is 4. The number of thioether (sulfide) groups is 1. The van der Waals surface area contributed by atoms with Crippen molar-refractivity contribution in [2.24, 2.45) is 0 Å². The minimum Gasteiger partial charge on any atom is -0.325 e. The molecule has 0 saturated heterocycles. The van der Waals surface area contributed by atoms with Crippen molar-refractivity contribution >= 4 is 23.4 Å². The van der Waals surface area contributed by atoms with Gasteiger partial charge in [-0.3, -0.25) is 4.79 Å². The number of unbranched alkanes of at least 4 members (excludes halogenated alkanes) is 1. The fraction of sp³-hybridized carbons (Fsp3) is 0.400. The fourth-order valence-corrected chi connectivity index (χ4v) is 2.78. The largest absolute Gasteiger partial charge is 0.325 e. The van der Waals surface area contributed by atoms with Gasteiger partial charge < -0.3 is 5.32 Å². The van der Waals surface area contributed by atoms with Crippen molar-refractivity contribution in [3.05, 3.63) is 36.9 Å². The lowest BCUT2D eigenvalue weighted by atomic mass is 10.2. The van der Waals surface area contributed by atoms with Crippen molar-refractivity contribution in [1.29, 1.82) is 0 Å². The zero-order chi connectivity index (χ0) is 15.1. The number of hydrogen-bond donors (Lipinski definition) is 1. The van der Waals surface area contributed by atoms with E-state index < -0.39 is 0 Å². The van der Waals surface area contributed by atoms with Crippen LogP contribution in [-0.2, 0) is 4.79 Å². The van der Waals surface area contributed by atoms with E-state index in [1.54, 1.807) is 22.8 Å². The average molecular weight is 304 g/mol. The van der Waals surface area contributed by atoms with E-state index in [9.17, 15) is 4.79 Å². The predicted molar refractivity (Wildman–Crippen MR) is 86.8 cm³/mol. The van der Waals surface area contributed by atoms with Gasteiger partial charge >= 0.3 is 0 Å². The number of anilines is 1. The summed E-state index contributed by atoms with van der Waals surface area (Å²) < 4.78 is 1.68. The third-order valence-corrected chi connectivity index (χ3v) is 4.29. The van der Waals surface area contributed by atoms with Crippen molar-refractivity contribution in [3.8, 4) is 5.69 Å². The maximum Gasteiger partial charge on any atom is 0.237 e. The number of nitrogens with one attached hydrogen (secondary N) is 1. The van der Waals surface area contributed by atoms with Crippen molar-refractivity contribution in [3.63, 3.8) is 0 Å². The molecule has 1 amide bonds. The lowest BCUT2D eigenvalue weighted by Gasteiger charge is -2.12. The molecule has 5 nitrogen and oxygen atoms in total. The predicted octanol–water partition coefficient (Wildman–Crippen LogP) is 3.13. The van der Waals surface area contributed by atoms with Crippen molar-refractivity contribution in [2.45, 2.75) is 31.9 Å². The second kappa shape index (κ2) is 7.83. The molecule has 1 atom stereocenters. The lowest BCUT2D eigenvalue weighted by Crippen LogP contribution is -2.22. The molecule has 0 fully saturated rings. The Morgan fingerprint density at radius 2 is 2.14 bits per heavy atom. The lowest BCUT2D eigenvalue weighted by molar-refractivity contribution is -0.115. The normalized spacial score (nSPS) is 12.1. The summed E-state index contributed by atoms with van der Waals surface area (Å²) in [4.78, 5) is 16.0. The molecule has 1 N–H and O–H groups in total. The molecule has 6 heteroatoms. The molecule has 0 saturated carbocycles. The third kappa shape index (κ3) is 4.60. The summed E-state index contributed by atoms with van der Waals surface area (Å²) in [5.74, 6) is 1.07. The molecular formula is C15H20N4OS. The van der Waals surface area contributed by atoms with Crippen LogP contribution in [0.15, 0.2) is 36.9 Å². The topological polar surface area (TPSA) is 59.8 Å². The Hall–Kier alpha value is -1.82. The molecule has 2 aromatic rings. The van der Waals surface area contributed by atoms with Crippen LogP contribution in [0.5, 0.6) is 0 Å². The van der Waals surface area contributed by atoms with Gasteiger partial charge in [-0.05, 0) is 43.4 Å². The molecule has 1 aromatic heterocycles. The van der Waals surface area contributed by atoms with E-state index in [0.29, 0.717) is 0 Å². The van der Waals surface area contributed by atoms with Crippen LogP contribution in [0, 0.1) is 0 Å². The number of rotatable bonds is 7. The van der Waals surface area contributed by atoms with Gasteiger partial charge in [0.05, 0.1) is 10.9 Å². The van der Waals surface area contributed by atoms with Gasteiger partial charge in [0.25, 0.3) is 0 Å². The Balaban J connectivity index is 1.89. The molecule has 0 bridgehead atoms. The molecule has 1 aromatic carbocycles. The second-order valence-corrected chi connectivity index (χ2v) is 6.19. The van der Waals surface area contributed by atoms with E-state index in [2.05, 4.69) is 22.3 Å². The maximum atomic E-state index is 12.1. The zero-order valence-electron chi connectivity index (χ0n) is 12.3. The van der Waals surface area contributed by atoms with Crippen LogP contribution in [0.25, 0.3) is 5.69 Å². The van der Waals surface area contributed by atoms with Crippen LogP contribution in [0.2, 0.25) is 0 Å². The fourth-order valence-electron chi connectivity index (χ4n) is 1.76. The average Bonchev–Trinajstić information content (AvgIpc) is 3.02. The standard InChI is InChI=1S/C15H20N4OS/c1-3-4-9-21-12(2)15(20)18-13-5-7-14(8-6-13)19-11-16-10-17-19/h5-8,10-12H,3-4,9H2,1-2H3,(H,18,20). The van der Waals surface area contributed by atoms with Crippen LogP contribution < -0.4 is 5.32 Å². The van der Waals surface area contributed by atoms with E-state index in [0.717, 1.165) is 30.0 Å². The van der Waals surface area contributed by atoms with E-state index in [4.69, 9.17) is 0 Å². The first-order valence-corrected chi connectivity index (χ1v) is 8.13. The minimum absolute atomic E-state index is 0.0356.